The smallest absolute Gasteiger partial charge is 0.321 e. The third kappa shape index (κ3) is 2.39. The van der Waals surface area contributed by atoms with Crippen LogP contribution < -0.4 is 0 Å². The van der Waals surface area contributed by atoms with Gasteiger partial charge in [-0.1, -0.05) is 0 Å². The molecule has 0 unspecified atom stereocenters. The zero-order valence-electron chi connectivity index (χ0n) is 5.54. The van der Waals surface area contributed by atoms with E-state index in [4.69, 9.17) is 8.17 Å². The minimum atomic E-state index is -0.768. The van der Waals surface area contributed by atoms with Gasteiger partial charge < -0.3 is 8.17 Å². The van der Waals surface area contributed by atoms with Gasteiger partial charge in [0.2, 0.25) is 0 Å². The molecule has 0 saturated carbocycles. The van der Waals surface area contributed by atoms with Crippen molar-refractivity contribution in [3.63, 3.8) is 0 Å². The highest BCUT2D eigenvalue weighted by Crippen LogP contribution is 2.25. The fourth-order valence-corrected chi connectivity index (χ4v) is 2.32. The van der Waals surface area contributed by atoms with E-state index in [1.807, 2.05) is 45.9 Å². The van der Waals surface area contributed by atoms with Crippen LogP contribution >= 0.6 is 45.9 Å². The predicted molar refractivity (Wildman–Crippen MR) is 55.7 cm³/mol. The molecule has 0 aromatic heterocycles. The zero-order chi connectivity index (χ0) is 8.43. The molecule has 1 aliphatic rings. The standard InChI is InChI=1S/C5H7I2NO3/c6-8-2-3(11-7)1-4(8)5(9)10/h3-4H,1-2H2,(H,9,10)/t3-,4-/m0/s1. The lowest BCUT2D eigenvalue weighted by Gasteiger charge is -2.10. The molecule has 1 heterocycles. The van der Waals surface area contributed by atoms with E-state index in [1.54, 1.807) is 3.11 Å². The largest absolute Gasteiger partial charge is 0.480 e. The van der Waals surface area contributed by atoms with Gasteiger partial charge in [-0.2, -0.15) is 0 Å². The van der Waals surface area contributed by atoms with Gasteiger partial charge in [-0.05, 0) is 0 Å². The maximum Gasteiger partial charge on any atom is 0.321 e. The van der Waals surface area contributed by atoms with Crippen molar-refractivity contribution in [1.82, 2.24) is 3.11 Å². The number of carboxylic acid groups (broad SMARTS) is 1. The Labute approximate surface area is 92.5 Å². The second-order valence-corrected chi connectivity index (χ2v) is 4.13. The summed E-state index contributed by atoms with van der Waals surface area (Å²) >= 11 is 3.83. The maximum atomic E-state index is 10.6. The Balaban J connectivity index is 2.51. The van der Waals surface area contributed by atoms with Crippen LogP contribution in [0.15, 0.2) is 0 Å². The van der Waals surface area contributed by atoms with Gasteiger partial charge in [0.15, 0.2) is 0 Å². The normalized spacial score (nSPS) is 32.5. The van der Waals surface area contributed by atoms with E-state index in [9.17, 15) is 4.79 Å². The fourth-order valence-electron chi connectivity index (χ4n) is 1.04. The number of carbonyl (C=O) groups is 1. The first-order valence-electron chi connectivity index (χ1n) is 3.07. The first kappa shape index (κ1) is 9.93. The highest BCUT2D eigenvalue weighted by molar-refractivity contribution is 14.1. The lowest BCUT2D eigenvalue weighted by atomic mass is 10.2. The summed E-state index contributed by atoms with van der Waals surface area (Å²) in [5, 5.41) is 8.69. The summed E-state index contributed by atoms with van der Waals surface area (Å²) in [5.74, 6) is -0.768. The minimum Gasteiger partial charge on any atom is -0.480 e. The summed E-state index contributed by atoms with van der Waals surface area (Å²) in [5.41, 5.74) is 0. The molecule has 1 fully saturated rings. The van der Waals surface area contributed by atoms with Crippen LogP contribution in [0.3, 0.4) is 0 Å². The molecule has 6 heteroatoms. The van der Waals surface area contributed by atoms with Crippen LogP contribution in [0.1, 0.15) is 6.42 Å². The van der Waals surface area contributed by atoms with Crippen molar-refractivity contribution < 1.29 is 13.0 Å². The minimum absolute atomic E-state index is 0.0635. The second kappa shape index (κ2) is 4.19. The Hall–Kier alpha value is 0.850. The number of nitrogens with zero attached hydrogens (tertiary/aromatic N) is 1. The second-order valence-electron chi connectivity index (χ2n) is 2.38. The fraction of sp³-hybridized carbons (Fsp3) is 0.800. The highest BCUT2D eigenvalue weighted by atomic mass is 127. The van der Waals surface area contributed by atoms with Crippen LogP contribution in [0.2, 0.25) is 0 Å². The third-order valence-electron chi connectivity index (χ3n) is 1.61. The highest BCUT2D eigenvalue weighted by Gasteiger charge is 2.35. The van der Waals surface area contributed by atoms with Gasteiger partial charge in [-0.25, -0.2) is 3.11 Å². The number of hydrogen-bond acceptors (Lipinski definition) is 3. The summed E-state index contributed by atoms with van der Waals surface area (Å²) in [6.07, 6.45) is 0.648. The lowest BCUT2D eigenvalue weighted by molar-refractivity contribution is -0.140. The first-order valence-corrected chi connectivity index (χ1v) is 4.92. The molecule has 0 bridgehead atoms. The van der Waals surface area contributed by atoms with Gasteiger partial charge in [0, 0.05) is 35.8 Å². The molecule has 64 valence electrons. The van der Waals surface area contributed by atoms with Gasteiger partial charge in [-0.15, -0.1) is 0 Å². The van der Waals surface area contributed by atoms with Gasteiger partial charge in [0.05, 0.1) is 6.10 Å². The summed E-state index contributed by atoms with van der Waals surface area (Å²) < 4.78 is 6.79. The lowest BCUT2D eigenvalue weighted by Crippen LogP contribution is -2.27. The maximum absolute atomic E-state index is 10.6. The van der Waals surface area contributed by atoms with Crippen molar-refractivity contribution in [2.75, 3.05) is 6.54 Å². The van der Waals surface area contributed by atoms with Crippen LogP contribution in [0.4, 0.5) is 0 Å². The third-order valence-corrected chi connectivity index (χ3v) is 3.40. The van der Waals surface area contributed by atoms with E-state index in [2.05, 4.69) is 0 Å². The number of carboxylic acids is 1. The van der Waals surface area contributed by atoms with Crippen molar-refractivity contribution in [2.45, 2.75) is 18.6 Å². The molecule has 1 N–H and O–H groups in total. The number of hydrogen-bond donors (Lipinski definition) is 1. The van der Waals surface area contributed by atoms with Crippen molar-refractivity contribution in [3.8, 4) is 0 Å². The SMILES string of the molecule is O=C(O)[C@@H]1C[C@H](OI)CN1I. The molecule has 0 aromatic rings. The van der Waals surface area contributed by atoms with Crippen LogP contribution in [0.5, 0.6) is 0 Å². The topological polar surface area (TPSA) is 49.8 Å². The summed E-state index contributed by atoms with van der Waals surface area (Å²) in [4.78, 5) is 10.6. The quantitative estimate of drug-likeness (QED) is 0.576. The molecular weight excluding hydrogens is 376 g/mol. The molecule has 2 atom stereocenters. The molecular formula is C5H7I2NO3. The van der Waals surface area contributed by atoms with E-state index in [-0.39, 0.29) is 12.1 Å². The average molecular weight is 383 g/mol. The number of rotatable bonds is 2. The number of halogens is 2. The molecule has 1 rings (SSSR count). The summed E-state index contributed by atoms with van der Waals surface area (Å²) in [6.45, 7) is 0.695. The van der Waals surface area contributed by atoms with Crippen LogP contribution in [-0.2, 0) is 7.86 Å². The van der Waals surface area contributed by atoms with Gasteiger partial charge in [0.1, 0.15) is 29.0 Å². The monoisotopic (exact) mass is 383 g/mol. The van der Waals surface area contributed by atoms with Crippen LogP contribution in [-0.4, -0.2) is 32.9 Å². The average Bonchev–Trinajstić information content (AvgIpc) is 2.30. The molecule has 1 saturated heterocycles. The predicted octanol–water partition coefficient (Wildman–Crippen LogP) is 1.23. The Kier molecular flexibility index (Phi) is 3.78. The summed E-state index contributed by atoms with van der Waals surface area (Å²) in [6, 6.07) is -0.379. The Morgan fingerprint density at radius 2 is 2.36 bits per heavy atom. The van der Waals surface area contributed by atoms with E-state index < -0.39 is 5.97 Å². The zero-order valence-corrected chi connectivity index (χ0v) is 9.85. The molecule has 0 radical (unpaired) electrons. The van der Waals surface area contributed by atoms with Crippen molar-refractivity contribution >= 4 is 51.8 Å². The van der Waals surface area contributed by atoms with Gasteiger partial charge in [-0.3, -0.25) is 4.79 Å². The number of aliphatic carboxylic acids is 1. The molecule has 0 aliphatic carbocycles. The molecule has 0 spiro atoms. The van der Waals surface area contributed by atoms with Gasteiger partial charge >= 0.3 is 5.97 Å². The van der Waals surface area contributed by atoms with Gasteiger partial charge in [0.25, 0.3) is 0 Å². The van der Waals surface area contributed by atoms with Crippen LogP contribution in [0.25, 0.3) is 0 Å². The Morgan fingerprint density at radius 1 is 1.73 bits per heavy atom. The van der Waals surface area contributed by atoms with E-state index in [0.29, 0.717) is 13.0 Å². The van der Waals surface area contributed by atoms with Crippen molar-refractivity contribution in [3.05, 3.63) is 0 Å². The Morgan fingerprint density at radius 3 is 2.64 bits per heavy atom. The summed E-state index contributed by atoms with van der Waals surface area (Å²) in [7, 11) is 0. The molecule has 1 aliphatic heterocycles. The molecule has 11 heavy (non-hydrogen) atoms. The molecule has 0 aromatic carbocycles. The van der Waals surface area contributed by atoms with Crippen molar-refractivity contribution in [1.29, 1.82) is 0 Å². The van der Waals surface area contributed by atoms with Crippen LogP contribution in [0, 0.1) is 0 Å². The van der Waals surface area contributed by atoms with E-state index in [0.717, 1.165) is 0 Å². The van der Waals surface area contributed by atoms with E-state index >= 15 is 0 Å². The van der Waals surface area contributed by atoms with E-state index in [1.165, 1.54) is 0 Å². The Bertz CT molecular complexity index is 166. The molecule has 4 nitrogen and oxygen atoms in total. The van der Waals surface area contributed by atoms with Crippen molar-refractivity contribution in [2.24, 2.45) is 0 Å². The molecule has 0 amide bonds. The first-order chi connectivity index (χ1) is 5.15.